The molecule has 2 aromatic rings. The average Bonchev–Trinajstić information content (AvgIpc) is 2.64. The largest absolute Gasteiger partial charge is 0.347 e. The van der Waals surface area contributed by atoms with Crippen molar-refractivity contribution in [1.29, 1.82) is 0 Å². The van der Waals surface area contributed by atoms with Crippen LogP contribution >= 0.6 is 0 Å². The predicted octanol–water partition coefficient (Wildman–Crippen LogP) is 4.73. The number of sulfonamides is 1. The summed E-state index contributed by atoms with van der Waals surface area (Å²) in [5.41, 5.74) is 5.83. The second-order valence-electron chi connectivity index (χ2n) is 8.14. The van der Waals surface area contributed by atoms with Crippen LogP contribution < -0.4 is 9.62 Å². The monoisotopic (exact) mass is 430 g/mol. The highest BCUT2D eigenvalue weighted by Crippen LogP contribution is 2.26. The van der Waals surface area contributed by atoms with Crippen LogP contribution in [0.3, 0.4) is 0 Å². The molecule has 0 aromatic heterocycles. The number of amides is 1. The van der Waals surface area contributed by atoms with Crippen LogP contribution in [0.15, 0.2) is 36.4 Å². The molecular weight excluding hydrogens is 396 g/mol. The molecule has 6 heteroatoms. The first-order chi connectivity index (χ1) is 14.0. The molecule has 2 aromatic carbocycles. The molecule has 0 fully saturated rings. The van der Waals surface area contributed by atoms with Gasteiger partial charge in [0.05, 0.1) is 18.0 Å². The second kappa shape index (κ2) is 9.65. The number of carbonyl (C=O) groups is 1. The molecule has 0 heterocycles. The number of aryl methyl sites for hydroxylation is 4. The number of rotatable bonds is 8. The predicted molar refractivity (Wildman–Crippen MR) is 124 cm³/mol. The van der Waals surface area contributed by atoms with Crippen molar-refractivity contribution in [1.82, 2.24) is 5.32 Å². The molecule has 1 amide bonds. The summed E-state index contributed by atoms with van der Waals surface area (Å²) in [5, 5.41) is 3.09. The summed E-state index contributed by atoms with van der Waals surface area (Å²) in [6.45, 7) is 11.8. The Morgan fingerprint density at radius 2 is 1.53 bits per heavy atom. The zero-order valence-corrected chi connectivity index (χ0v) is 19.9. The molecule has 0 bridgehead atoms. The highest BCUT2D eigenvalue weighted by atomic mass is 32.2. The molecule has 0 aliphatic rings. The molecule has 5 nitrogen and oxygen atoms in total. The van der Waals surface area contributed by atoms with E-state index in [1.165, 1.54) is 15.4 Å². The van der Waals surface area contributed by atoms with Gasteiger partial charge in [-0.2, -0.15) is 0 Å². The number of anilines is 1. The molecule has 0 saturated carbocycles. The second-order valence-corrected chi connectivity index (χ2v) is 10.0. The minimum absolute atomic E-state index is 0.175. The Bertz CT molecular complexity index is 995. The molecule has 164 valence electrons. The molecule has 0 unspecified atom stereocenters. The lowest BCUT2D eigenvalue weighted by Gasteiger charge is -2.32. The van der Waals surface area contributed by atoms with Gasteiger partial charge in [-0.25, -0.2) is 8.42 Å². The van der Waals surface area contributed by atoms with E-state index < -0.39 is 16.1 Å². The van der Waals surface area contributed by atoms with Gasteiger partial charge in [-0.1, -0.05) is 38.1 Å². The summed E-state index contributed by atoms with van der Waals surface area (Å²) in [6.07, 6.45) is 2.24. The van der Waals surface area contributed by atoms with Crippen LogP contribution in [0.1, 0.15) is 60.5 Å². The quantitative estimate of drug-likeness (QED) is 0.658. The Morgan fingerprint density at radius 3 is 2.00 bits per heavy atom. The van der Waals surface area contributed by atoms with E-state index in [1.807, 2.05) is 58.9 Å². The Labute approximate surface area is 181 Å². The fourth-order valence-corrected chi connectivity index (χ4v) is 5.00. The lowest BCUT2D eigenvalue weighted by atomic mass is 9.99. The highest BCUT2D eigenvalue weighted by molar-refractivity contribution is 7.92. The fourth-order valence-electron chi connectivity index (χ4n) is 3.81. The van der Waals surface area contributed by atoms with Gasteiger partial charge in [0, 0.05) is 0 Å². The van der Waals surface area contributed by atoms with Crippen LogP contribution in [0.2, 0.25) is 0 Å². The van der Waals surface area contributed by atoms with Gasteiger partial charge in [-0.05, 0) is 80.5 Å². The van der Waals surface area contributed by atoms with Crippen molar-refractivity contribution in [3.63, 3.8) is 0 Å². The maximum absolute atomic E-state index is 13.3. The Hall–Kier alpha value is -2.34. The first-order valence-corrected chi connectivity index (χ1v) is 12.3. The zero-order valence-electron chi connectivity index (χ0n) is 19.1. The van der Waals surface area contributed by atoms with E-state index >= 15 is 0 Å². The van der Waals surface area contributed by atoms with Crippen LogP contribution in [0.5, 0.6) is 0 Å². The van der Waals surface area contributed by atoms with Crippen molar-refractivity contribution in [2.75, 3.05) is 10.6 Å². The molecule has 0 aliphatic carbocycles. The minimum atomic E-state index is -3.65. The van der Waals surface area contributed by atoms with Gasteiger partial charge in [0.1, 0.15) is 6.04 Å². The minimum Gasteiger partial charge on any atom is -0.347 e. The highest BCUT2D eigenvalue weighted by Gasteiger charge is 2.32. The number of hydrogen-bond acceptors (Lipinski definition) is 3. The molecular formula is C24H34N2O3S. The molecule has 2 atom stereocenters. The van der Waals surface area contributed by atoms with Crippen LogP contribution in [0, 0.1) is 27.7 Å². The molecule has 2 rings (SSSR count). The van der Waals surface area contributed by atoms with E-state index in [0.717, 1.165) is 22.9 Å². The summed E-state index contributed by atoms with van der Waals surface area (Å²) in [4.78, 5) is 13.3. The van der Waals surface area contributed by atoms with Gasteiger partial charge in [-0.3, -0.25) is 9.10 Å². The van der Waals surface area contributed by atoms with E-state index in [2.05, 4.69) is 24.4 Å². The first-order valence-electron chi connectivity index (χ1n) is 10.4. The van der Waals surface area contributed by atoms with Gasteiger partial charge in [0.15, 0.2) is 0 Å². The zero-order chi connectivity index (χ0) is 22.6. The average molecular weight is 431 g/mol. The maximum atomic E-state index is 13.3. The standard InChI is InChI=1S/C24H34N2O3S/c1-8-22(20-11-10-18(5)19(6)15-20)25-24(27)23(9-2)26(30(7,28)29)21-13-16(3)12-17(4)14-21/h10-15,22-23H,8-9H2,1-7H3,(H,25,27)/t22-,23-/m1/s1. The van der Waals surface area contributed by atoms with Crippen molar-refractivity contribution in [2.24, 2.45) is 0 Å². The van der Waals surface area contributed by atoms with E-state index in [1.54, 1.807) is 0 Å². The van der Waals surface area contributed by atoms with Crippen molar-refractivity contribution in [3.05, 3.63) is 64.2 Å². The van der Waals surface area contributed by atoms with Crippen molar-refractivity contribution in [3.8, 4) is 0 Å². The van der Waals surface area contributed by atoms with Gasteiger partial charge in [0.2, 0.25) is 15.9 Å². The third kappa shape index (κ3) is 5.63. The van der Waals surface area contributed by atoms with Crippen molar-refractivity contribution >= 4 is 21.6 Å². The van der Waals surface area contributed by atoms with Crippen molar-refractivity contribution < 1.29 is 13.2 Å². The SMILES string of the molecule is CC[C@H](C(=O)N[C@H](CC)c1ccc(C)c(C)c1)N(c1cc(C)cc(C)c1)S(C)(=O)=O. The van der Waals surface area contributed by atoms with Crippen molar-refractivity contribution in [2.45, 2.75) is 66.5 Å². The number of carbonyl (C=O) groups excluding carboxylic acids is 1. The Morgan fingerprint density at radius 1 is 0.933 bits per heavy atom. The maximum Gasteiger partial charge on any atom is 0.244 e. The molecule has 0 saturated heterocycles. The van der Waals surface area contributed by atoms with E-state index in [-0.39, 0.29) is 11.9 Å². The molecule has 0 spiro atoms. The summed E-state index contributed by atoms with van der Waals surface area (Å²) < 4.78 is 26.7. The lowest BCUT2D eigenvalue weighted by molar-refractivity contribution is -0.123. The number of nitrogens with zero attached hydrogens (tertiary/aromatic N) is 1. The van der Waals surface area contributed by atoms with Gasteiger partial charge < -0.3 is 5.32 Å². The number of nitrogens with one attached hydrogen (secondary N) is 1. The summed E-state index contributed by atoms with van der Waals surface area (Å²) in [7, 11) is -3.65. The Kier molecular flexibility index (Phi) is 7.70. The lowest BCUT2D eigenvalue weighted by Crippen LogP contribution is -2.50. The van der Waals surface area contributed by atoms with Gasteiger partial charge >= 0.3 is 0 Å². The van der Waals surface area contributed by atoms with E-state index in [4.69, 9.17) is 0 Å². The number of benzene rings is 2. The van der Waals surface area contributed by atoms with E-state index in [0.29, 0.717) is 18.5 Å². The number of hydrogen-bond donors (Lipinski definition) is 1. The van der Waals surface area contributed by atoms with Crippen LogP contribution in [0.4, 0.5) is 5.69 Å². The van der Waals surface area contributed by atoms with Gasteiger partial charge in [0.25, 0.3) is 0 Å². The molecule has 0 radical (unpaired) electrons. The van der Waals surface area contributed by atoms with Crippen LogP contribution in [0.25, 0.3) is 0 Å². The summed E-state index contributed by atoms with van der Waals surface area (Å²) in [6, 6.07) is 10.8. The molecule has 1 N–H and O–H groups in total. The van der Waals surface area contributed by atoms with E-state index in [9.17, 15) is 13.2 Å². The third-order valence-corrected chi connectivity index (χ3v) is 6.63. The normalized spacial score (nSPS) is 13.6. The van der Waals surface area contributed by atoms with Gasteiger partial charge in [-0.15, -0.1) is 0 Å². The summed E-state index contributed by atoms with van der Waals surface area (Å²) >= 11 is 0. The third-order valence-electron chi connectivity index (χ3n) is 5.45. The smallest absolute Gasteiger partial charge is 0.244 e. The topological polar surface area (TPSA) is 66.5 Å². The van der Waals surface area contributed by atoms with Crippen LogP contribution in [-0.2, 0) is 14.8 Å². The van der Waals surface area contributed by atoms with Crippen LogP contribution in [-0.4, -0.2) is 26.6 Å². The first kappa shape index (κ1) is 23.9. The Balaban J connectivity index is 2.40. The fraction of sp³-hybridized carbons (Fsp3) is 0.458. The summed E-state index contributed by atoms with van der Waals surface area (Å²) in [5.74, 6) is -0.285. The molecule has 0 aliphatic heterocycles. The molecule has 30 heavy (non-hydrogen) atoms.